The number of anilines is 3. The van der Waals surface area contributed by atoms with Crippen molar-refractivity contribution < 1.29 is 0 Å². The van der Waals surface area contributed by atoms with Crippen molar-refractivity contribution in [3.63, 3.8) is 0 Å². The number of nitriles is 1. The molecule has 0 aromatic heterocycles. The van der Waals surface area contributed by atoms with Gasteiger partial charge in [-0.2, -0.15) is 5.26 Å². The number of rotatable bonds is 6. The molecule has 0 radical (unpaired) electrons. The van der Waals surface area contributed by atoms with Gasteiger partial charge in [-0.1, -0.05) is 164 Å². The van der Waals surface area contributed by atoms with Crippen LogP contribution >= 0.6 is 0 Å². The molecule has 256 valence electrons. The van der Waals surface area contributed by atoms with E-state index in [2.05, 4.69) is 193 Å². The first-order valence-electron chi connectivity index (χ1n) is 18.7. The third-order valence-corrected chi connectivity index (χ3v) is 10.9. The molecular formula is C53H34N2. The molecule has 0 aliphatic rings. The molecule has 0 bridgehead atoms. The first kappa shape index (κ1) is 32.2. The molecule has 0 aliphatic carbocycles. The van der Waals surface area contributed by atoms with Gasteiger partial charge in [0, 0.05) is 16.8 Å². The van der Waals surface area contributed by atoms with Gasteiger partial charge in [0.15, 0.2) is 0 Å². The Morgan fingerprint density at radius 3 is 1.67 bits per heavy atom. The number of fused-ring (bicyclic) bond motifs is 5. The molecule has 55 heavy (non-hydrogen) atoms. The highest BCUT2D eigenvalue weighted by atomic mass is 15.1. The molecular weight excluding hydrogens is 665 g/mol. The molecule has 0 fully saturated rings. The summed E-state index contributed by atoms with van der Waals surface area (Å²) in [6, 6.07) is 71.3. The summed E-state index contributed by atoms with van der Waals surface area (Å²) in [7, 11) is 0. The second-order valence-electron chi connectivity index (χ2n) is 14.0. The molecule has 0 amide bonds. The standard InChI is InChI=1S/C53H34N2/c54-35-36-24-29-41(30-25-36)55(42-31-26-37-12-1-2-14-40(37)34-42)52-33-28-39(43-16-5-8-20-48(43)52)27-32-47-45-18-6-9-21-50(45)53(51-22-10-7-19-46(47)51)49-23-11-15-38-13-3-4-17-44(38)49/h1-34H. The molecule has 0 atom stereocenters. The van der Waals surface area contributed by atoms with Crippen LogP contribution < -0.4 is 4.90 Å². The van der Waals surface area contributed by atoms with Gasteiger partial charge in [-0.15, -0.1) is 0 Å². The lowest BCUT2D eigenvalue weighted by molar-refractivity contribution is 1.30. The monoisotopic (exact) mass is 698 g/mol. The molecule has 2 heteroatoms. The van der Waals surface area contributed by atoms with Crippen molar-refractivity contribution in [3.05, 3.63) is 211 Å². The van der Waals surface area contributed by atoms with Gasteiger partial charge in [-0.25, -0.2) is 0 Å². The van der Waals surface area contributed by atoms with E-state index in [1.54, 1.807) is 0 Å². The summed E-state index contributed by atoms with van der Waals surface area (Å²) in [6.45, 7) is 0. The predicted octanol–water partition coefficient (Wildman–Crippen LogP) is 14.6. The van der Waals surface area contributed by atoms with E-state index in [-0.39, 0.29) is 0 Å². The minimum absolute atomic E-state index is 0.637. The first-order valence-corrected chi connectivity index (χ1v) is 18.7. The Morgan fingerprint density at radius 1 is 0.400 bits per heavy atom. The van der Waals surface area contributed by atoms with Crippen molar-refractivity contribution >= 4 is 83.1 Å². The Morgan fingerprint density at radius 2 is 0.964 bits per heavy atom. The van der Waals surface area contributed by atoms with Gasteiger partial charge in [-0.3, -0.25) is 0 Å². The Hall–Kier alpha value is -7.47. The summed E-state index contributed by atoms with van der Waals surface area (Å²) in [5, 5.41) is 21.7. The summed E-state index contributed by atoms with van der Waals surface area (Å²) in [5.41, 5.74) is 8.63. The van der Waals surface area contributed by atoms with E-state index in [9.17, 15) is 5.26 Å². The Kier molecular flexibility index (Phi) is 7.90. The van der Waals surface area contributed by atoms with Gasteiger partial charge < -0.3 is 4.90 Å². The highest BCUT2D eigenvalue weighted by Crippen LogP contribution is 2.44. The quantitative estimate of drug-likeness (QED) is 0.128. The van der Waals surface area contributed by atoms with Crippen LogP contribution in [0.1, 0.15) is 16.7 Å². The summed E-state index contributed by atoms with van der Waals surface area (Å²) < 4.78 is 0. The molecule has 0 aliphatic heterocycles. The molecule has 0 saturated heterocycles. The maximum Gasteiger partial charge on any atom is 0.0991 e. The second-order valence-corrected chi connectivity index (χ2v) is 14.0. The van der Waals surface area contributed by atoms with Gasteiger partial charge in [0.1, 0.15) is 0 Å². The van der Waals surface area contributed by atoms with Gasteiger partial charge >= 0.3 is 0 Å². The number of hydrogen-bond acceptors (Lipinski definition) is 2. The predicted molar refractivity (Wildman–Crippen MR) is 234 cm³/mol. The molecule has 10 aromatic carbocycles. The van der Waals surface area contributed by atoms with E-state index in [4.69, 9.17) is 0 Å². The zero-order chi connectivity index (χ0) is 36.7. The lowest BCUT2D eigenvalue weighted by Crippen LogP contribution is -2.10. The van der Waals surface area contributed by atoms with Crippen LogP contribution in [0.3, 0.4) is 0 Å². The third kappa shape index (κ3) is 5.59. The lowest BCUT2D eigenvalue weighted by Gasteiger charge is -2.27. The zero-order valence-corrected chi connectivity index (χ0v) is 30.0. The topological polar surface area (TPSA) is 27.0 Å². The van der Waals surface area contributed by atoms with E-state index in [1.165, 1.54) is 59.8 Å². The van der Waals surface area contributed by atoms with Crippen LogP contribution in [0.4, 0.5) is 17.1 Å². The molecule has 0 spiro atoms. The Balaban J connectivity index is 1.15. The summed E-state index contributed by atoms with van der Waals surface area (Å²) in [4.78, 5) is 2.30. The van der Waals surface area contributed by atoms with Crippen LogP contribution in [0.5, 0.6) is 0 Å². The van der Waals surface area contributed by atoms with E-state index >= 15 is 0 Å². The molecule has 10 rings (SSSR count). The minimum Gasteiger partial charge on any atom is -0.310 e. The average Bonchev–Trinajstić information content (AvgIpc) is 3.25. The van der Waals surface area contributed by atoms with Gasteiger partial charge in [0.25, 0.3) is 0 Å². The van der Waals surface area contributed by atoms with Crippen LogP contribution in [0.15, 0.2) is 194 Å². The van der Waals surface area contributed by atoms with E-state index in [0.29, 0.717) is 5.56 Å². The number of hydrogen-bond donors (Lipinski definition) is 0. The Bertz CT molecular complexity index is 3100. The largest absolute Gasteiger partial charge is 0.310 e. The fourth-order valence-corrected chi connectivity index (χ4v) is 8.32. The van der Waals surface area contributed by atoms with Gasteiger partial charge in [0.2, 0.25) is 0 Å². The number of benzene rings is 10. The maximum atomic E-state index is 9.58. The maximum absolute atomic E-state index is 9.58. The molecule has 10 aromatic rings. The minimum atomic E-state index is 0.637. The molecule has 2 nitrogen and oxygen atoms in total. The lowest BCUT2D eigenvalue weighted by atomic mass is 9.86. The summed E-state index contributed by atoms with van der Waals surface area (Å²) in [5.74, 6) is 0. The van der Waals surface area contributed by atoms with Crippen LogP contribution in [0.25, 0.3) is 77.1 Å². The average molecular weight is 699 g/mol. The first-order chi connectivity index (χ1) is 27.2. The van der Waals surface area contributed by atoms with Crippen LogP contribution in [0.2, 0.25) is 0 Å². The van der Waals surface area contributed by atoms with E-state index in [1.807, 2.05) is 24.3 Å². The highest BCUT2D eigenvalue weighted by Gasteiger charge is 2.18. The second kappa shape index (κ2) is 13.5. The fourth-order valence-electron chi connectivity index (χ4n) is 8.32. The van der Waals surface area contributed by atoms with Crippen LogP contribution in [-0.2, 0) is 0 Å². The van der Waals surface area contributed by atoms with Gasteiger partial charge in [-0.05, 0) is 113 Å². The SMILES string of the molecule is N#Cc1ccc(N(c2ccc3ccccc3c2)c2ccc(C=Cc3c4ccccc4c(-c4cccc5ccccc45)c4ccccc34)c3ccccc23)cc1. The third-order valence-electron chi connectivity index (χ3n) is 10.9. The molecule has 0 heterocycles. The van der Waals surface area contributed by atoms with Crippen molar-refractivity contribution in [1.29, 1.82) is 5.26 Å². The zero-order valence-electron chi connectivity index (χ0n) is 30.0. The van der Waals surface area contributed by atoms with Crippen molar-refractivity contribution in [2.24, 2.45) is 0 Å². The van der Waals surface area contributed by atoms with Crippen molar-refractivity contribution in [3.8, 4) is 17.2 Å². The molecule has 0 N–H and O–H groups in total. The van der Waals surface area contributed by atoms with Crippen LogP contribution in [-0.4, -0.2) is 0 Å². The smallest absolute Gasteiger partial charge is 0.0991 e. The van der Waals surface area contributed by atoms with Crippen molar-refractivity contribution in [2.75, 3.05) is 4.90 Å². The van der Waals surface area contributed by atoms with Crippen molar-refractivity contribution in [1.82, 2.24) is 0 Å². The van der Waals surface area contributed by atoms with Crippen molar-refractivity contribution in [2.45, 2.75) is 0 Å². The normalized spacial score (nSPS) is 11.5. The summed E-state index contributed by atoms with van der Waals surface area (Å²) >= 11 is 0. The van der Waals surface area contributed by atoms with E-state index in [0.717, 1.165) is 33.4 Å². The van der Waals surface area contributed by atoms with E-state index < -0.39 is 0 Å². The Labute approximate surface area is 320 Å². The molecule has 0 unspecified atom stereocenters. The highest BCUT2D eigenvalue weighted by molar-refractivity contribution is 6.21. The summed E-state index contributed by atoms with van der Waals surface area (Å²) in [6.07, 6.45) is 4.58. The van der Waals surface area contributed by atoms with Crippen LogP contribution in [0, 0.1) is 11.3 Å². The van der Waals surface area contributed by atoms with Gasteiger partial charge in [0.05, 0.1) is 17.3 Å². The fraction of sp³-hybridized carbons (Fsp3) is 0. The molecule has 0 saturated carbocycles. The number of nitrogens with zero attached hydrogens (tertiary/aromatic N) is 2.